The van der Waals surface area contributed by atoms with Gasteiger partial charge in [0.25, 0.3) is 5.91 Å². The van der Waals surface area contributed by atoms with Gasteiger partial charge in [-0.25, -0.2) is 0 Å². The number of nitrogens with zero attached hydrogens (tertiary/aromatic N) is 2. The molecule has 1 aliphatic heterocycles. The summed E-state index contributed by atoms with van der Waals surface area (Å²) in [6.07, 6.45) is 1.61. The number of nitriles is 1. The number of likely N-dealkylation sites (tertiary alicyclic amines) is 1. The Bertz CT molecular complexity index is 537. The second-order valence-electron chi connectivity index (χ2n) is 5.00. The van der Waals surface area contributed by atoms with Gasteiger partial charge < -0.3 is 10.6 Å². The summed E-state index contributed by atoms with van der Waals surface area (Å²) in [7, 11) is 0. The molecule has 0 bridgehead atoms. The minimum absolute atomic E-state index is 0.0311. The highest BCUT2D eigenvalue weighted by Gasteiger charge is 2.26. The van der Waals surface area contributed by atoms with Crippen LogP contribution in [-0.4, -0.2) is 29.8 Å². The summed E-state index contributed by atoms with van der Waals surface area (Å²) < 4.78 is 0. The zero-order valence-corrected chi connectivity index (χ0v) is 11.2. The Morgan fingerprint density at radius 2 is 1.85 bits per heavy atom. The van der Waals surface area contributed by atoms with Crippen molar-refractivity contribution in [1.82, 2.24) is 4.90 Å². The van der Waals surface area contributed by atoms with Gasteiger partial charge in [-0.1, -0.05) is 12.1 Å². The van der Waals surface area contributed by atoms with Crippen molar-refractivity contribution in [2.75, 3.05) is 13.1 Å². The minimum Gasteiger partial charge on any atom is -0.369 e. The predicted octanol–water partition coefficient (Wildman–Crippen LogP) is 1.09. The molecule has 0 unspecified atom stereocenters. The highest BCUT2D eigenvalue weighted by molar-refractivity contribution is 5.94. The van der Waals surface area contributed by atoms with Gasteiger partial charge in [0.15, 0.2) is 0 Å². The number of carbonyl (C=O) groups is 2. The summed E-state index contributed by atoms with van der Waals surface area (Å²) in [5.41, 5.74) is 6.79. The summed E-state index contributed by atoms with van der Waals surface area (Å²) >= 11 is 0. The molecule has 2 N–H and O–H groups in total. The molecule has 2 amide bonds. The van der Waals surface area contributed by atoms with E-state index < -0.39 is 0 Å². The van der Waals surface area contributed by atoms with Gasteiger partial charge in [0.2, 0.25) is 5.91 Å². The molecule has 104 valence electrons. The van der Waals surface area contributed by atoms with E-state index in [1.165, 1.54) is 0 Å². The normalized spacial score (nSPS) is 15.7. The molecule has 1 heterocycles. The van der Waals surface area contributed by atoms with Crippen LogP contribution in [0.3, 0.4) is 0 Å². The van der Waals surface area contributed by atoms with Gasteiger partial charge >= 0.3 is 0 Å². The first-order valence-corrected chi connectivity index (χ1v) is 6.66. The third-order valence-corrected chi connectivity index (χ3v) is 3.67. The molecule has 5 nitrogen and oxygen atoms in total. The van der Waals surface area contributed by atoms with Gasteiger partial charge in [0.1, 0.15) is 0 Å². The standard InChI is InChI=1S/C15H17N3O2/c16-8-5-11-1-3-13(4-2-11)15(20)18-9-6-12(7-10-18)14(17)19/h1-4,12H,5-7,9-10H2,(H2,17,19). The molecule has 1 aliphatic rings. The first-order chi connectivity index (χ1) is 9.61. The lowest BCUT2D eigenvalue weighted by Crippen LogP contribution is -2.41. The summed E-state index contributed by atoms with van der Waals surface area (Å²) in [4.78, 5) is 25.1. The number of hydrogen-bond donors (Lipinski definition) is 1. The SMILES string of the molecule is N#CCc1ccc(C(=O)N2CCC(C(N)=O)CC2)cc1. The van der Waals surface area contributed by atoms with Crippen LogP contribution < -0.4 is 5.73 Å². The maximum absolute atomic E-state index is 12.3. The summed E-state index contributed by atoms with van der Waals surface area (Å²) in [6, 6.07) is 9.16. The minimum atomic E-state index is -0.280. The molecule has 1 aromatic carbocycles. The summed E-state index contributed by atoms with van der Waals surface area (Å²) in [6.45, 7) is 1.12. The third kappa shape index (κ3) is 3.15. The topological polar surface area (TPSA) is 87.2 Å². The van der Waals surface area contributed by atoms with Crippen molar-refractivity contribution >= 4 is 11.8 Å². The summed E-state index contributed by atoms with van der Waals surface area (Å²) in [5.74, 6) is -0.425. The zero-order chi connectivity index (χ0) is 14.5. The highest BCUT2D eigenvalue weighted by atomic mass is 16.2. The molecule has 0 spiro atoms. The van der Waals surface area contributed by atoms with E-state index >= 15 is 0 Å². The molecule has 0 aromatic heterocycles. The molecular formula is C15H17N3O2. The van der Waals surface area contributed by atoms with Crippen LogP contribution in [0.1, 0.15) is 28.8 Å². The average molecular weight is 271 g/mol. The molecule has 20 heavy (non-hydrogen) atoms. The monoisotopic (exact) mass is 271 g/mol. The molecule has 5 heteroatoms. The highest BCUT2D eigenvalue weighted by Crippen LogP contribution is 2.19. The van der Waals surface area contributed by atoms with Crippen molar-refractivity contribution in [2.45, 2.75) is 19.3 Å². The fourth-order valence-electron chi connectivity index (χ4n) is 2.41. The molecule has 1 aromatic rings. The van der Waals surface area contributed by atoms with Crippen molar-refractivity contribution in [3.8, 4) is 6.07 Å². The van der Waals surface area contributed by atoms with Crippen LogP contribution in [0, 0.1) is 17.2 Å². The lowest BCUT2D eigenvalue weighted by molar-refractivity contribution is -0.123. The van der Waals surface area contributed by atoms with E-state index in [0.29, 0.717) is 37.9 Å². The molecule has 0 aliphatic carbocycles. The Morgan fingerprint density at radius 1 is 1.25 bits per heavy atom. The second-order valence-corrected chi connectivity index (χ2v) is 5.00. The van der Waals surface area contributed by atoms with Crippen LogP contribution in [0.4, 0.5) is 0 Å². The molecule has 0 radical (unpaired) electrons. The number of nitrogens with two attached hydrogens (primary N) is 1. The van der Waals surface area contributed by atoms with Crippen LogP contribution in [0.2, 0.25) is 0 Å². The van der Waals surface area contributed by atoms with Crippen LogP contribution in [0.5, 0.6) is 0 Å². The first kappa shape index (κ1) is 14.1. The van der Waals surface area contributed by atoms with Crippen LogP contribution >= 0.6 is 0 Å². The van der Waals surface area contributed by atoms with Crippen LogP contribution in [-0.2, 0) is 11.2 Å². The molecule has 1 fully saturated rings. The van der Waals surface area contributed by atoms with Crippen molar-refractivity contribution in [1.29, 1.82) is 5.26 Å². The fraction of sp³-hybridized carbons (Fsp3) is 0.400. The van der Waals surface area contributed by atoms with E-state index in [4.69, 9.17) is 11.0 Å². The van der Waals surface area contributed by atoms with Crippen LogP contribution in [0.25, 0.3) is 0 Å². The average Bonchev–Trinajstić information content (AvgIpc) is 2.48. The first-order valence-electron chi connectivity index (χ1n) is 6.66. The molecule has 0 atom stereocenters. The van der Waals surface area contributed by atoms with Gasteiger partial charge in [0.05, 0.1) is 12.5 Å². The molecule has 1 saturated heterocycles. The molecule has 2 rings (SSSR count). The molecule has 0 saturated carbocycles. The fourth-order valence-corrected chi connectivity index (χ4v) is 2.41. The van der Waals surface area contributed by atoms with E-state index in [-0.39, 0.29) is 17.7 Å². The number of rotatable bonds is 3. The number of amides is 2. The number of hydrogen-bond acceptors (Lipinski definition) is 3. The third-order valence-electron chi connectivity index (χ3n) is 3.67. The van der Waals surface area contributed by atoms with Crippen molar-refractivity contribution in [3.63, 3.8) is 0 Å². The van der Waals surface area contributed by atoms with Gasteiger partial charge in [-0.05, 0) is 30.5 Å². The van der Waals surface area contributed by atoms with E-state index in [1.807, 2.05) is 0 Å². The lowest BCUT2D eigenvalue weighted by atomic mass is 9.96. The largest absolute Gasteiger partial charge is 0.369 e. The lowest BCUT2D eigenvalue weighted by Gasteiger charge is -2.30. The van der Waals surface area contributed by atoms with Gasteiger partial charge in [-0.2, -0.15) is 5.26 Å². The predicted molar refractivity (Wildman–Crippen MR) is 73.6 cm³/mol. The summed E-state index contributed by atoms with van der Waals surface area (Å²) in [5, 5.41) is 8.61. The Labute approximate surface area is 118 Å². The van der Waals surface area contributed by atoms with Crippen molar-refractivity contribution < 1.29 is 9.59 Å². The van der Waals surface area contributed by atoms with Crippen molar-refractivity contribution in [3.05, 3.63) is 35.4 Å². The van der Waals surface area contributed by atoms with E-state index in [0.717, 1.165) is 5.56 Å². The smallest absolute Gasteiger partial charge is 0.253 e. The Hall–Kier alpha value is -2.35. The van der Waals surface area contributed by atoms with Gasteiger partial charge in [-0.15, -0.1) is 0 Å². The second kappa shape index (κ2) is 6.20. The van der Waals surface area contributed by atoms with Gasteiger partial charge in [-0.3, -0.25) is 9.59 Å². The Balaban J connectivity index is 1.98. The number of benzene rings is 1. The van der Waals surface area contributed by atoms with Gasteiger partial charge in [0, 0.05) is 24.6 Å². The molecular weight excluding hydrogens is 254 g/mol. The maximum atomic E-state index is 12.3. The number of primary amides is 1. The van der Waals surface area contributed by atoms with Crippen LogP contribution in [0.15, 0.2) is 24.3 Å². The van der Waals surface area contributed by atoms with E-state index in [9.17, 15) is 9.59 Å². The Morgan fingerprint density at radius 3 is 2.35 bits per heavy atom. The maximum Gasteiger partial charge on any atom is 0.253 e. The zero-order valence-electron chi connectivity index (χ0n) is 11.2. The van der Waals surface area contributed by atoms with Crippen molar-refractivity contribution in [2.24, 2.45) is 11.7 Å². The number of carbonyl (C=O) groups excluding carboxylic acids is 2. The van der Waals surface area contributed by atoms with E-state index in [2.05, 4.69) is 6.07 Å². The quantitative estimate of drug-likeness (QED) is 0.892. The number of piperidine rings is 1. The van der Waals surface area contributed by atoms with E-state index in [1.54, 1.807) is 29.2 Å². The Kier molecular flexibility index (Phi) is 4.36.